The molecular weight excluding hydrogens is 406 g/mol. The van der Waals surface area contributed by atoms with E-state index >= 15 is 0 Å². The van der Waals surface area contributed by atoms with E-state index in [4.69, 9.17) is 9.26 Å². The van der Waals surface area contributed by atoms with E-state index in [1.165, 1.54) is 26.2 Å². The van der Waals surface area contributed by atoms with E-state index in [0.29, 0.717) is 28.6 Å². The van der Waals surface area contributed by atoms with E-state index in [0.717, 1.165) is 5.56 Å². The van der Waals surface area contributed by atoms with Crippen LogP contribution in [0.3, 0.4) is 0 Å². The summed E-state index contributed by atoms with van der Waals surface area (Å²) in [5.74, 6) is 0.600. The van der Waals surface area contributed by atoms with Gasteiger partial charge in [-0.1, -0.05) is 35.5 Å². The van der Waals surface area contributed by atoms with Crippen LogP contribution >= 0.6 is 0 Å². The summed E-state index contributed by atoms with van der Waals surface area (Å²) < 4.78 is 38.2. The highest BCUT2D eigenvalue weighted by molar-refractivity contribution is 7.92. The van der Waals surface area contributed by atoms with Crippen molar-refractivity contribution in [1.29, 1.82) is 0 Å². The summed E-state index contributed by atoms with van der Waals surface area (Å²) in [5.41, 5.74) is 2.16. The highest BCUT2D eigenvalue weighted by Gasteiger charge is 2.16. The molecule has 1 aromatic heterocycles. The van der Waals surface area contributed by atoms with Gasteiger partial charge in [0.15, 0.2) is 5.76 Å². The molecule has 2 N–H and O–H groups in total. The monoisotopic (exact) mass is 427 g/mol. The second-order valence-electron chi connectivity index (χ2n) is 6.40. The van der Waals surface area contributed by atoms with E-state index in [9.17, 15) is 13.2 Å². The summed E-state index contributed by atoms with van der Waals surface area (Å²) in [5, 5.41) is 6.52. The second-order valence-corrected chi connectivity index (χ2v) is 8.08. The van der Waals surface area contributed by atoms with Crippen molar-refractivity contribution in [3.8, 4) is 5.75 Å². The van der Waals surface area contributed by atoms with Crippen LogP contribution in [0.25, 0.3) is 12.2 Å². The van der Waals surface area contributed by atoms with Crippen molar-refractivity contribution < 1.29 is 22.5 Å². The number of rotatable bonds is 7. The van der Waals surface area contributed by atoms with Gasteiger partial charge in [-0.05, 0) is 42.8 Å². The van der Waals surface area contributed by atoms with E-state index in [1.54, 1.807) is 55.5 Å². The summed E-state index contributed by atoms with van der Waals surface area (Å²) in [7, 11) is -2.30. The average Bonchev–Trinajstić information content (AvgIpc) is 3.06. The third-order valence-corrected chi connectivity index (χ3v) is 5.54. The minimum absolute atomic E-state index is 0.111. The maximum absolute atomic E-state index is 12.7. The van der Waals surface area contributed by atoms with E-state index in [-0.39, 0.29) is 10.8 Å². The van der Waals surface area contributed by atoms with Gasteiger partial charge in [0.1, 0.15) is 17.1 Å². The lowest BCUT2D eigenvalue weighted by molar-refractivity contribution is -0.114. The molecule has 0 saturated heterocycles. The van der Waals surface area contributed by atoms with Gasteiger partial charge in [0.25, 0.3) is 10.0 Å². The Morgan fingerprint density at radius 2 is 1.80 bits per heavy atom. The number of amides is 1. The number of hydrogen-bond donors (Lipinski definition) is 2. The van der Waals surface area contributed by atoms with E-state index in [1.807, 2.05) is 0 Å². The minimum atomic E-state index is -3.78. The van der Waals surface area contributed by atoms with Gasteiger partial charge in [0.2, 0.25) is 5.91 Å². The molecule has 0 spiro atoms. The van der Waals surface area contributed by atoms with Crippen molar-refractivity contribution in [1.82, 2.24) is 5.16 Å². The normalized spacial score (nSPS) is 11.4. The standard InChI is InChI=1S/C21H21N3O5S/c1-14-21(22-15(2)25)20(29-23-14)13-10-16-8-11-17(12-9-16)30(26,27)24-18-6-4-5-7-19(18)28-3/h4-13,24H,1-3H3,(H,22,25). The lowest BCUT2D eigenvalue weighted by Crippen LogP contribution is -2.13. The maximum Gasteiger partial charge on any atom is 0.262 e. The van der Waals surface area contributed by atoms with Crippen molar-refractivity contribution in [2.24, 2.45) is 0 Å². The number of benzene rings is 2. The number of anilines is 2. The van der Waals surface area contributed by atoms with Crippen LogP contribution in [-0.4, -0.2) is 26.6 Å². The van der Waals surface area contributed by atoms with E-state index < -0.39 is 10.0 Å². The number of hydrogen-bond acceptors (Lipinski definition) is 6. The fourth-order valence-corrected chi connectivity index (χ4v) is 3.76. The van der Waals surface area contributed by atoms with Gasteiger partial charge >= 0.3 is 0 Å². The van der Waals surface area contributed by atoms with E-state index in [2.05, 4.69) is 15.2 Å². The Morgan fingerprint density at radius 3 is 2.47 bits per heavy atom. The summed E-state index contributed by atoms with van der Waals surface area (Å²) in [6.07, 6.45) is 3.39. The third kappa shape index (κ3) is 4.87. The first-order chi connectivity index (χ1) is 14.3. The fraction of sp³-hybridized carbons (Fsp3) is 0.143. The van der Waals surface area contributed by atoms with Gasteiger partial charge in [-0.25, -0.2) is 8.42 Å². The number of aromatic nitrogens is 1. The number of methoxy groups -OCH3 is 1. The molecule has 8 nitrogen and oxygen atoms in total. The van der Waals surface area contributed by atoms with Gasteiger partial charge in [0, 0.05) is 6.92 Å². The summed E-state index contributed by atoms with van der Waals surface area (Å²) in [6, 6.07) is 13.1. The zero-order valence-corrected chi connectivity index (χ0v) is 17.5. The molecule has 0 aliphatic rings. The highest BCUT2D eigenvalue weighted by atomic mass is 32.2. The second kappa shape index (κ2) is 8.83. The van der Waals surface area contributed by atoms with Crippen LogP contribution in [0.2, 0.25) is 0 Å². The van der Waals surface area contributed by atoms with Crippen molar-refractivity contribution in [2.75, 3.05) is 17.1 Å². The number of nitrogens with zero attached hydrogens (tertiary/aromatic N) is 1. The molecule has 0 aliphatic carbocycles. The lowest BCUT2D eigenvalue weighted by Gasteiger charge is -2.11. The number of para-hydroxylation sites is 2. The number of sulfonamides is 1. The zero-order valence-electron chi connectivity index (χ0n) is 16.7. The molecule has 3 rings (SSSR count). The Labute approximate surface area is 174 Å². The summed E-state index contributed by atoms with van der Waals surface area (Å²) in [4.78, 5) is 11.4. The Bertz CT molecular complexity index is 1180. The number of carbonyl (C=O) groups excluding carboxylic acids is 1. The number of nitrogens with one attached hydrogen (secondary N) is 2. The molecule has 0 radical (unpaired) electrons. The third-order valence-electron chi connectivity index (χ3n) is 4.16. The maximum atomic E-state index is 12.7. The number of aryl methyl sites for hydroxylation is 1. The first-order valence-corrected chi connectivity index (χ1v) is 10.5. The molecular formula is C21H21N3O5S. The quantitative estimate of drug-likeness (QED) is 0.591. The number of ether oxygens (including phenoxy) is 1. The Kier molecular flexibility index (Phi) is 6.22. The van der Waals surface area contributed by atoms with Crippen LogP contribution in [0.5, 0.6) is 5.75 Å². The van der Waals surface area contributed by atoms with Crippen LogP contribution < -0.4 is 14.8 Å². The van der Waals surface area contributed by atoms with Gasteiger partial charge < -0.3 is 14.6 Å². The van der Waals surface area contributed by atoms with Crippen molar-refractivity contribution >= 4 is 39.5 Å². The molecule has 3 aromatic rings. The molecule has 0 fully saturated rings. The van der Waals surface area contributed by atoms with Gasteiger partial charge in [0.05, 0.1) is 17.7 Å². The highest BCUT2D eigenvalue weighted by Crippen LogP contribution is 2.26. The van der Waals surface area contributed by atoms with Crippen LogP contribution in [0, 0.1) is 6.92 Å². The first-order valence-electron chi connectivity index (χ1n) is 8.98. The van der Waals surface area contributed by atoms with Crippen LogP contribution in [0.15, 0.2) is 57.9 Å². The van der Waals surface area contributed by atoms with Crippen molar-refractivity contribution in [3.63, 3.8) is 0 Å². The molecule has 0 saturated carbocycles. The van der Waals surface area contributed by atoms with Crippen LogP contribution in [0.1, 0.15) is 23.9 Å². The summed E-state index contributed by atoms with van der Waals surface area (Å²) >= 11 is 0. The molecule has 0 unspecified atom stereocenters. The molecule has 1 amide bonds. The molecule has 0 atom stereocenters. The Hall–Kier alpha value is -3.59. The molecule has 0 bridgehead atoms. The average molecular weight is 427 g/mol. The molecule has 2 aromatic carbocycles. The smallest absolute Gasteiger partial charge is 0.262 e. The molecule has 1 heterocycles. The SMILES string of the molecule is COc1ccccc1NS(=O)(=O)c1ccc(C=Cc2onc(C)c2NC(C)=O)cc1. The van der Waals surface area contributed by atoms with Crippen molar-refractivity contribution in [3.05, 3.63) is 65.5 Å². The largest absolute Gasteiger partial charge is 0.495 e. The Balaban J connectivity index is 1.78. The van der Waals surface area contributed by atoms with Crippen molar-refractivity contribution in [2.45, 2.75) is 18.7 Å². The lowest BCUT2D eigenvalue weighted by atomic mass is 10.2. The number of carbonyl (C=O) groups is 1. The summed E-state index contributed by atoms with van der Waals surface area (Å²) in [6.45, 7) is 3.12. The predicted molar refractivity (Wildman–Crippen MR) is 115 cm³/mol. The predicted octanol–water partition coefficient (Wildman–Crippen LogP) is 3.92. The molecule has 9 heteroatoms. The fourth-order valence-electron chi connectivity index (χ4n) is 2.69. The van der Waals surface area contributed by atoms with Gasteiger partial charge in [-0.3, -0.25) is 9.52 Å². The topological polar surface area (TPSA) is 111 Å². The first kappa shape index (κ1) is 21.1. The zero-order chi connectivity index (χ0) is 21.7. The minimum Gasteiger partial charge on any atom is -0.495 e. The molecule has 156 valence electrons. The molecule has 30 heavy (non-hydrogen) atoms. The van der Waals surface area contributed by atoms with Crippen LogP contribution in [-0.2, 0) is 14.8 Å². The van der Waals surface area contributed by atoms with Crippen LogP contribution in [0.4, 0.5) is 11.4 Å². The Morgan fingerprint density at radius 1 is 1.10 bits per heavy atom. The van der Waals surface area contributed by atoms with Gasteiger partial charge in [-0.2, -0.15) is 0 Å². The molecule has 0 aliphatic heterocycles. The van der Waals surface area contributed by atoms with Gasteiger partial charge in [-0.15, -0.1) is 0 Å².